The lowest BCUT2D eigenvalue weighted by atomic mass is 10.1. The molecule has 0 aromatic carbocycles. The van der Waals surface area contributed by atoms with Gasteiger partial charge in [0, 0.05) is 16.8 Å². The van der Waals surface area contributed by atoms with Crippen molar-refractivity contribution in [1.82, 2.24) is 15.3 Å². The standard InChI is InChI=1S/C14H22N4O/c1-9(13(19)18-14(2,3)4)17-12-10-6-5-7-11(10)15-8-16-12/h8-9H,5-7H2,1-4H3,(H,18,19)(H,15,16,17). The Kier molecular flexibility index (Phi) is 3.73. The van der Waals surface area contributed by atoms with E-state index in [0.717, 1.165) is 36.3 Å². The highest BCUT2D eigenvalue weighted by atomic mass is 16.2. The Morgan fingerprint density at radius 1 is 1.32 bits per heavy atom. The molecule has 0 radical (unpaired) electrons. The fraction of sp³-hybridized carbons (Fsp3) is 0.643. The number of aromatic nitrogens is 2. The summed E-state index contributed by atoms with van der Waals surface area (Å²) in [6.45, 7) is 7.77. The molecule has 1 unspecified atom stereocenters. The number of hydrogen-bond acceptors (Lipinski definition) is 4. The maximum absolute atomic E-state index is 12.0. The van der Waals surface area contributed by atoms with Crippen LogP contribution in [0.2, 0.25) is 0 Å². The second-order valence-electron chi connectivity index (χ2n) is 6.11. The van der Waals surface area contributed by atoms with Crippen LogP contribution >= 0.6 is 0 Å². The van der Waals surface area contributed by atoms with E-state index in [1.54, 1.807) is 6.33 Å². The second-order valence-corrected chi connectivity index (χ2v) is 6.11. The molecule has 0 spiro atoms. The van der Waals surface area contributed by atoms with Crippen molar-refractivity contribution in [2.24, 2.45) is 0 Å². The Balaban J connectivity index is 2.05. The third kappa shape index (κ3) is 3.43. The molecular weight excluding hydrogens is 240 g/mol. The van der Waals surface area contributed by atoms with Gasteiger partial charge < -0.3 is 10.6 Å². The van der Waals surface area contributed by atoms with Crippen molar-refractivity contribution < 1.29 is 4.79 Å². The molecule has 1 amide bonds. The van der Waals surface area contributed by atoms with Gasteiger partial charge in [-0.2, -0.15) is 0 Å². The molecule has 1 aromatic heterocycles. The van der Waals surface area contributed by atoms with Crippen LogP contribution in [0.4, 0.5) is 5.82 Å². The van der Waals surface area contributed by atoms with Crippen LogP contribution in [0.15, 0.2) is 6.33 Å². The molecular formula is C14H22N4O. The summed E-state index contributed by atoms with van der Waals surface area (Å²) in [5, 5.41) is 6.16. The number of fused-ring (bicyclic) bond motifs is 1. The normalized spacial score (nSPS) is 15.8. The van der Waals surface area contributed by atoms with E-state index in [4.69, 9.17) is 0 Å². The Morgan fingerprint density at radius 3 is 2.74 bits per heavy atom. The summed E-state index contributed by atoms with van der Waals surface area (Å²) in [4.78, 5) is 20.6. The quantitative estimate of drug-likeness (QED) is 0.869. The molecule has 0 saturated carbocycles. The summed E-state index contributed by atoms with van der Waals surface area (Å²) in [6.07, 6.45) is 4.69. The molecule has 0 bridgehead atoms. The van der Waals surface area contributed by atoms with Gasteiger partial charge >= 0.3 is 0 Å². The van der Waals surface area contributed by atoms with Crippen molar-refractivity contribution in [2.75, 3.05) is 5.32 Å². The fourth-order valence-corrected chi connectivity index (χ4v) is 2.23. The van der Waals surface area contributed by atoms with Crippen LogP contribution in [0, 0.1) is 0 Å². The number of rotatable bonds is 3. The van der Waals surface area contributed by atoms with E-state index < -0.39 is 0 Å². The highest BCUT2D eigenvalue weighted by molar-refractivity contribution is 5.84. The molecule has 1 atom stereocenters. The molecule has 0 saturated heterocycles. The Labute approximate surface area is 114 Å². The number of aryl methyl sites for hydroxylation is 1. The number of nitrogens with one attached hydrogen (secondary N) is 2. The first kappa shape index (κ1) is 13.8. The molecule has 2 rings (SSSR count). The van der Waals surface area contributed by atoms with Gasteiger partial charge in [0.2, 0.25) is 5.91 Å². The molecule has 1 aliphatic carbocycles. The monoisotopic (exact) mass is 262 g/mol. The third-order valence-corrected chi connectivity index (χ3v) is 3.12. The van der Waals surface area contributed by atoms with Gasteiger partial charge in [0.15, 0.2) is 0 Å². The molecule has 19 heavy (non-hydrogen) atoms. The van der Waals surface area contributed by atoms with Gasteiger partial charge in [-0.05, 0) is 47.0 Å². The van der Waals surface area contributed by atoms with Crippen molar-refractivity contribution in [3.05, 3.63) is 17.6 Å². The number of carbonyl (C=O) groups excluding carboxylic acids is 1. The largest absolute Gasteiger partial charge is 0.358 e. The van der Waals surface area contributed by atoms with Crippen molar-refractivity contribution in [1.29, 1.82) is 0 Å². The highest BCUT2D eigenvalue weighted by Gasteiger charge is 2.22. The summed E-state index contributed by atoms with van der Waals surface area (Å²) < 4.78 is 0. The third-order valence-electron chi connectivity index (χ3n) is 3.12. The lowest BCUT2D eigenvalue weighted by Gasteiger charge is -2.24. The minimum Gasteiger partial charge on any atom is -0.358 e. The van der Waals surface area contributed by atoms with Gasteiger partial charge in [-0.25, -0.2) is 9.97 Å². The molecule has 1 aliphatic rings. The zero-order chi connectivity index (χ0) is 14.0. The average molecular weight is 262 g/mol. The number of carbonyl (C=O) groups is 1. The van der Waals surface area contributed by atoms with E-state index in [9.17, 15) is 4.79 Å². The Hall–Kier alpha value is -1.65. The summed E-state index contributed by atoms with van der Waals surface area (Å²) >= 11 is 0. The molecule has 2 N–H and O–H groups in total. The van der Waals surface area contributed by atoms with Gasteiger partial charge in [0.1, 0.15) is 18.2 Å². The molecule has 5 heteroatoms. The molecule has 0 fully saturated rings. The van der Waals surface area contributed by atoms with E-state index in [1.807, 2.05) is 27.7 Å². The minimum atomic E-state index is -0.307. The van der Waals surface area contributed by atoms with Crippen LogP contribution in [-0.2, 0) is 17.6 Å². The SMILES string of the molecule is CC(Nc1ncnc2c1CCC2)C(=O)NC(C)(C)C. The highest BCUT2D eigenvalue weighted by Crippen LogP contribution is 2.25. The smallest absolute Gasteiger partial charge is 0.242 e. The van der Waals surface area contributed by atoms with Gasteiger partial charge in [0.05, 0.1) is 0 Å². The molecule has 0 aliphatic heterocycles. The predicted octanol–water partition coefficient (Wildman–Crippen LogP) is 1.68. The lowest BCUT2D eigenvalue weighted by molar-refractivity contribution is -0.122. The molecule has 5 nitrogen and oxygen atoms in total. The van der Waals surface area contributed by atoms with E-state index in [2.05, 4.69) is 20.6 Å². The van der Waals surface area contributed by atoms with Crippen LogP contribution in [0.3, 0.4) is 0 Å². The van der Waals surface area contributed by atoms with Gasteiger partial charge in [-0.3, -0.25) is 4.79 Å². The van der Waals surface area contributed by atoms with Gasteiger partial charge in [0.25, 0.3) is 0 Å². The average Bonchev–Trinajstić information content (AvgIpc) is 2.75. The van der Waals surface area contributed by atoms with Gasteiger partial charge in [-0.15, -0.1) is 0 Å². The van der Waals surface area contributed by atoms with Crippen LogP contribution in [-0.4, -0.2) is 27.5 Å². The topological polar surface area (TPSA) is 66.9 Å². The molecule has 104 valence electrons. The fourth-order valence-electron chi connectivity index (χ4n) is 2.23. The first-order valence-corrected chi connectivity index (χ1v) is 6.78. The van der Waals surface area contributed by atoms with Crippen molar-refractivity contribution in [2.45, 2.75) is 58.5 Å². The summed E-state index contributed by atoms with van der Waals surface area (Å²) in [6, 6.07) is -0.307. The molecule has 1 heterocycles. The summed E-state index contributed by atoms with van der Waals surface area (Å²) in [5.74, 6) is 0.789. The number of nitrogens with zero attached hydrogens (tertiary/aromatic N) is 2. The van der Waals surface area contributed by atoms with E-state index >= 15 is 0 Å². The van der Waals surface area contributed by atoms with Crippen LogP contribution in [0.1, 0.15) is 45.4 Å². The van der Waals surface area contributed by atoms with E-state index in [0.29, 0.717) is 0 Å². The van der Waals surface area contributed by atoms with Crippen LogP contribution < -0.4 is 10.6 Å². The number of amides is 1. The van der Waals surface area contributed by atoms with Gasteiger partial charge in [-0.1, -0.05) is 0 Å². The van der Waals surface area contributed by atoms with E-state index in [-0.39, 0.29) is 17.5 Å². The summed E-state index contributed by atoms with van der Waals surface area (Å²) in [5.41, 5.74) is 2.06. The second kappa shape index (κ2) is 5.15. The minimum absolute atomic E-state index is 0.0159. The number of anilines is 1. The lowest BCUT2D eigenvalue weighted by Crippen LogP contribution is -2.47. The first-order valence-electron chi connectivity index (χ1n) is 6.78. The van der Waals surface area contributed by atoms with Crippen molar-refractivity contribution in [3.63, 3.8) is 0 Å². The van der Waals surface area contributed by atoms with Crippen LogP contribution in [0.25, 0.3) is 0 Å². The predicted molar refractivity (Wildman–Crippen MR) is 75.0 cm³/mol. The Morgan fingerprint density at radius 2 is 2.05 bits per heavy atom. The van der Waals surface area contributed by atoms with Crippen molar-refractivity contribution >= 4 is 11.7 Å². The van der Waals surface area contributed by atoms with Crippen LogP contribution in [0.5, 0.6) is 0 Å². The first-order chi connectivity index (χ1) is 8.87. The zero-order valence-corrected chi connectivity index (χ0v) is 12.1. The zero-order valence-electron chi connectivity index (χ0n) is 12.1. The van der Waals surface area contributed by atoms with E-state index in [1.165, 1.54) is 0 Å². The molecule has 1 aromatic rings. The Bertz CT molecular complexity index is 479. The van der Waals surface area contributed by atoms with Crippen molar-refractivity contribution in [3.8, 4) is 0 Å². The maximum atomic E-state index is 12.0. The summed E-state index contributed by atoms with van der Waals surface area (Å²) in [7, 11) is 0. The maximum Gasteiger partial charge on any atom is 0.242 e. The number of hydrogen-bond donors (Lipinski definition) is 2.